The van der Waals surface area contributed by atoms with Crippen LogP contribution in [0.1, 0.15) is 43.9 Å². The summed E-state index contributed by atoms with van der Waals surface area (Å²) in [6.45, 7) is 8.46. The molecule has 0 aliphatic carbocycles. The van der Waals surface area contributed by atoms with Gasteiger partial charge in [-0.25, -0.2) is 4.98 Å². The normalized spacial score (nSPS) is 12.9. The summed E-state index contributed by atoms with van der Waals surface area (Å²) >= 11 is 7.02. The van der Waals surface area contributed by atoms with E-state index in [1.807, 2.05) is 6.92 Å². The molecule has 0 spiro atoms. The number of aryl methyl sites for hydroxylation is 2. The summed E-state index contributed by atoms with van der Waals surface area (Å²) < 4.78 is 2.79. The van der Waals surface area contributed by atoms with E-state index in [4.69, 9.17) is 12.2 Å². The molecule has 6 heteroatoms. The molecule has 0 amide bonds. The zero-order valence-corrected chi connectivity index (χ0v) is 12.8. The molecular formula is C12H18N4S2. The SMILES string of the molecule is CCc1nc(C)sc1-c1n[nH]c(=S)n1C(C)CC. The molecule has 0 bridgehead atoms. The van der Waals surface area contributed by atoms with Crippen molar-refractivity contribution in [1.82, 2.24) is 19.7 Å². The molecule has 0 fully saturated rings. The largest absolute Gasteiger partial charge is 0.297 e. The summed E-state index contributed by atoms with van der Waals surface area (Å²) in [6.07, 6.45) is 1.94. The first-order valence-electron chi connectivity index (χ1n) is 6.22. The third kappa shape index (κ3) is 2.27. The number of rotatable bonds is 4. The molecule has 0 saturated carbocycles. The van der Waals surface area contributed by atoms with Crippen LogP contribution in [0.15, 0.2) is 0 Å². The predicted molar refractivity (Wildman–Crippen MR) is 77.6 cm³/mol. The van der Waals surface area contributed by atoms with Gasteiger partial charge in [0.2, 0.25) is 0 Å². The molecule has 2 heterocycles. The summed E-state index contributed by atoms with van der Waals surface area (Å²) in [7, 11) is 0. The summed E-state index contributed by atoms with van der Waals surface area (Å²) in [4.78, 5) is 5.70. The Labute approximate surface area is 116 Å². The van der Waals surface area contributed by atoms with Crippen molar-refractivity contribution in [2.45, 2.75) is 46.6 Å². The average Bonchev–Trinajstić information content (AvgIpc) is 2.91. The van der Waals surface area contributed by atoms with Crippen LogP contribution in [-0.4, -0.2) is 19.7 Å². The second-order valence-corrected chi connectivity index (χ2v) is 5.93. The molecule has 0 aromatic carbocycles. The molecule has 0 aliphatic heterocycles. The van der Waals surface area contributed by atoms with E-state index in [-0.39, 0.29) is 0 Å². The lowest BCUT2D eigenvalue weighted by Gasteiger charge is -2.12. The first-order chi connectivity index (χ1) is 8.58. The number of hydrogen-bond donors (Lipinski definition) is 1. The summed E-state index contributed by atoms with van der Waals surface area (Å²) in [5, 5.41) is 8.37. The second-order valence-electron chi connectivity index (χ2n) is 4.34. The van der Waals surface area contributed by atoms with Crippen molar-refractivity contribution < 1.29 is 0 Å². The minimum absolute atomic E-state index is 0.346. The maximum Gasteiger partial charge on any atom is 0.195 e. The fourth-order valence-electron chi connectivity index (χ4n) is 1.94. The smallest absolute Gasteiger partial charge is 0.195 e. The third-order valence-electron chi connectivity index (χ3n) is 3.08. The summed E-state index contributed by atoms with van der Waals surface area (Å²) in [5.41, 5.74) is 1.11. The van der Waals surface area contributed by atoms with Crippen LogP contribution in [-0.2, 0) is 6.42 Å². The number of H-pyrrole nitrogens is 1. The molecule has 1 atom stereocenters. The third-order valence-corrected chi connectivity index (χ3v) is 4.38. The van der Waals surface area contributed by atoms with Crippen molar-refractivity contribution >= 4 is 23.6 Å². The molecule has 1 N–H and O–H groups in total. The highest BCUT2D eigenvalue weighted by molar-refractivity contribution is 7.71. The van der Waals surface area contributed by atoms with Crippen LogP contribution in [0.5, 0.6) is 0 Å². The number of nitrogens with zero attached hydrogens (tertiary/aromatic N) is 3. The van der Waals surface area contributed by atoms with Gasteiger partial charge in [-0.15, -0.1) is 11.3 Å². The maximum atomic E-state index is 5.33. The van der Waals surface area contributed by atoms with Crippen molar-refractivity contribution in [3.63, 3.8) is 0 Å². The average molecular weight is 282 g/mol. The Balaban J connectivity index is 2.60. The molecule has 98 valence electrons. The van der Waals surface area contributed by atoms with Crippen molar-refractivity contribution in [1.29, 1.82) is 0 Å². The van der Waals surface area contributed by atoms with E-state index in [1.165, 1.54) is 0 Å². The van der Waals surface area contributed by atoms with Gasteiger partial charge < -0.3 is 0 Å². The molecule has 2 aromatic heterocycles. The Morgan fingerprint density at radius 2 is 2.17 bits per heavy atom. The van der Waals surface area contributed by atoms with E-state index >= 15 is 0 Å². The van der Waals surface area contributed by atoms with Gasteiger partial charge in [0.1, 0.15) is 0 Å². The second kappa shape index (κ2) is 5.32. The number of aromatic amines is 1. The first-order valence-corrected chi connectivity index (χ1v) is 7.44. The number of nitrogens with one attached hydrogen (secondary N) is 1. The van der Waals surface area contributed by atoms with Gasteiger partial charge in [-0.05, 0) is 38.9 Å². The highest BCUT2D eigenvalue weighted by atomic mass is 32.1. The van der Waals surface area contributed by atoms with Crippen molar-refractivity contribution in [2.75, 3.05) is 0 Å². The molecule has 4 nitrogen and oxygen atoms in total. The van der Waals surface area contributed by atoms with Gasteiger partial charge >= 0.3 is 0 Å². The number of thiazole rings is 1. The quantitative estimate of drug-likeness (QED) is 0.865. The standard InChI is InChI=1S/C12H18N4S2/c1-5-7(3)16-11(14-15-12(16)17)10-9(6-2)13-8(4)18-10/h7H,5-6H2,1-4H3,(H,15,17). The topological polar surface area (TPSA) is 46.5 Å². The van der Waals surface area contributed by atoms with E-state index in [0.29, 0.717) is 10.8 Å². The van der Waals surface area contributed by atoms with E-state index in [2.05, 4.69) is 40.5 Å². The minimum atomic E-state index is 0.346. The Morgan fingerprint density at radius 1 is 1.44 bits per heavy atom. The Bertz CT molecular complexity index is 593. The summed E-state index contributed by atoms with van der Waals surface area (Å²) in [5.74, 6) is 0.928. The van der Waals surface area contributed by atoms with Crippen LogP contribution >= 0.6 is 23.6 Å². The predicted octanol–water partition coefficient (Wildman–Crippen LogP) is 3.91. The van der Waals surface area contributed by atoms with Gasteiger partial charge in [-0.3, -0.25) is 9.67 Å². The zero-order chi connectivity index (χ0) is 13.3. The van der Waals surface area contributed by atoms with Crippen LogP contribution in [0.3, 0.4) is 0 Å². The van der Waals surface area contributed by atoms with Gasteiger partial charge in [-0.2, -0.15) is 5.10 Å². The lowest BCUT2D eigenvalue weighted by Crippen LogP contribution is -2.06. The van der Waals surface area contributed by atoms with Gasteiger partial charge in [0, 0.05) is 6.04 Å². The van der Waals surface area contributed by atoms with E-state index in [1.54, 1.807) is 11.3 Å². The lowest BCUT2D eigenvalue weighted by atomic mass is 10.2. The van der Waals surface area contributed by atoms with Crippen molar-refractivity contribution in [2.24, 2.45) is 0 Å². The van der Waals surface area contributed by atoms with Crippen LogP contribution in [0.4, 0.5) is 0 Å². The fourth-order valence-corrected chi connectivity index (χ4v) is 3.25. The molecule has 0 saturated heterocycles. The van der Waals surface area contributed by atoms with Crippen LogP contribution in [0.2, 0.25) is 0 Å². The number of aromatic nitrogens is 4. The molecule has 0 radical (unpaired) electrons. The van der Waals surface area contributed by atoms with Crippen LogP contribution in [0, 0.1) is 11.7 Å². The Hall–Kier alpha value is -1.01. The maximum absolute atomic E-state index is 5.33. The Kier molecular flexibility index (Phi) is 3.97. The van der Waals surface area contributed by atoms with Gasteiger partial charge in [0.05, 0.1) is 15.6 Å². The number of hydrogen-bond acceptors (Lipinski definition) is 4. The zero-order valence-electron chi connectivity index (χ0n) is 11.1. The van der Waals surface area contributed by atoms with Crippen LogP contribution in [0.25, 0.3) is 10.7 Å². The van der Waals surface area contributed by atoms with Gasteiger partial charge in [0.15, 0.2) is 10.6 Å². The molecule has 2 aromatic rings. The first kappa shape index (κ1) is 13.4. The summed E-state index contributed by atoms with van der Waals surface area (Å²) in [6, 6.07) is 0.346. The van der Waals surface area contributed by atoms with Gasteiger partial charge in [-0.1, -0.05) is 13.8 Å². The molecule has 18 heavy (non-hydrogen) atoms. The van der Waals surface area contributed by atoms with Crippen molar-refractivity contribution in [3.05, 3.63) is 15.5 Å². The van der Waals surface area contributed by atoms with Gasteiger partial charge in [0.25, 0.3) is 0 Å². The van der Waals surface area contributed by atoms with E-state index < -0.39 is 0 Å². The molecule has 1 unspecified atom stereocenters. The highest BCUT2D eigenvalue weighted by Crippen LogP contribution is 2.31. The van der Waals surface area contributed by atoms with E-state index in [0.717, 1.165) is 34.2 Å². The lowest BCUT2D eigenvalue weighted by molar-refractivity contribution is 0.529. The van der Waals surface area contributed by atoms with Crippen LogP contribution < -0.4 is 0 Å². The minimum Gasteiger partial charge on any atom is -0.297 e. The van der Waals surface area contributed by atoms with E-state index in [9.17, 15) is 0 Å². The fraction of sp³-hybridized carbons (Fsp3) is 0.583. The Morgan fingerprint density at radius 3 is 2.78 bits per heavy atom. The highest BCUT2D eigenvalue weighted by Gasteiger charge is 2.18. The van der Waals surface area contributed by atoms with Crippen molar-refractivity contribution in [3.8, 4) is 10.7 Å². The monoisotopic (exact) mass is 282 g/mol. The molecule has 0 aliphatic rings. The molecule has 2 rings (SSSR count). The molecular weight excluding hydrogens is 264 g/mol.